The third kappa shape index (κ3) is 5.21. The quantitative estimate of drug-likeness (QED) is 0.619. The van der Waals surface area contributed by atoms with Crippen molar-refractivity contribution in [3.63, 3.8) is 0 Å². The van der Waals surface area contributed by atoms with Crippen LogP contribution >= 0.6 is 0 Å². The molecule has 2 aromatic carbocycles. The fourth-order valence-electron chi connectivity index (χ4n) is 3.26. The Morgan fingerprint density at radius 3 is 2.00 bits per heavy atom. The summed E-state index contributed by atoms with van der Waals surface area (Å²) in [6, 6.07) is 16.6. The van der Waals surface area contributed by atoms with Crippen LogP contribution in [0.25, 0.3) is 0 Å². The second-order valence-corrected chi connectivity index (χ2v) is 6.88. The Morgan fingerprint density at radius 2 is 1.37 bits per heavy atom. The molecule has 0 radical (unpaired) electrons. The lowest BCUT2D eigenvalue weighted by molar-refractivity contribution is 0.0342. The van der Waals surface area contributed by atoms with Gasteiger partial charge in [0.2, 0.25) is 0 Å². The highest BCUT2D eigenvalue weighted by atomic mass is 16.6. The molecule has 138 valence electrons. The Bertz CT molecular complexity index is 783. The summed E-state index contributed by atoms with van der Waals surface area (Å²) < 4.78 is 16.7. The Labute approximate surface area is 161 Å². The van der Waals surface area contributed by atoms with E-state index in [9.17, 15) is 0 Å². The van der Waals surface area contributed by atoms with Crippen LogP contribution in [-0.2, 0) is 20.6 Å². The van der Waals surface area contributed by atoms with Crippen molar-refractivity contribution in [1.29, 1.82) is 0 Å². The van der Waals surface area contributed by atoms with E-state index < -0.39 is 0 Å². The molecule has 27 heavy (non-hydrogen) atoms. The van der Waals surface area contributed by atoms with Crippen molar-refractivity contribution in [3.8, 4) is 11.8 Å². The molecule has 0 saturated carbocycles. The molecule has 2 heterocycles. The molecule has 0 N–H and O–H groups in total. The second-order valence-electron chi connectivity index (χ2n) is 6.88. The molecule has 0 unspecified atom stereocenters. The van der Waals surface area contributed by atoms with E-state index in [1.165, 1.54) is 5.56 Å². The first kappa shape index (κ1) is 18.3. The zero-order chi connectivity index (χ0) is 18.3. The fourth-order valence-corrected chi connectivity index (χ4v) is 3.26. The smallest absolute Gasteiger partial charge is 0.407 e. The minimum absolute atomic E-state index is 0.236. The lowest BCUT2D eigenvalue weighted by Crippen LogP contribution is -2.40. The molecule has 2 aliphatic rings. The summed E-state index contributed by atoms with van der Waals surface area (Å²) in [5.41, 5.74) is 4.39. The van der Waals surface area contributed by atoms with Crippen LogP contribution in [0.1, 0.15) is 23.1 Å². The van der Waals surface area contributed by atoms with Crippen LogP contribution in [0.15, 0.2) is 48.5 Å². The Balaban J connectivity index is 1.35. The van der Waals surface area contributed by atoms with E-state index >= 15 is 0 Å². The van der Waals surface area contributed by atoms with Crippen molar-refractivity contribution < 1.29 is 14.0 Å². The monoisotopic (exact) mass is 361 g/mol. The van der Waals surface area contributed by atoms with Gasteiger partial charge in [-0.2, -0.15) is 0 Å². The molecule has 0 aliphatic carbocycles. The van der Waals surface area contributed by atoms with Gasteiger partial charge in [0, 0.05) is 44.0 Å². The molecule has 2 aromatic rings. The minimum atomic E-state index is -0.236. The summed E-state index contributed by atoms with van der Waals surface area (Å²) in [7, 11) is -0.236. The van der Waals surface area contributed by atoms with E-state index in [2.05, 4.69) is 41.0 Å². The molecule has 0 bridgehead atoms. The first-order chi connectivity index (χ1) is 13.4. The van der Waals surface area contributed by atoms with Gasteiger partial charge in [0.15, 0.2) is 0 Å². The first-order valence-corrected chi connectivity index (χ1v) is 9.61. The van der Waals surface area contributed by atoms with Gasteiger partial charge in [0.25, 0.3) is 0 Å². The van der Waals surface area contributed by atoms with E-state index in [1.807, 2.05) is 24.3 Å². The van der Waals surface area contributed by atoms with Gasteiger partial charge in [0.05, 0.1) is 13.2 Å². The lowest BCUT2D eigenvalue weighted by Gasteiger charge is -2.26. The highest BCUT2D eigenvalue weighted by Gasteiger charge is 2.23. The summed E-state index contributed by atoms with van der Waals surface area (Å²) >= 11 is 0. The van der Waals surface area contributed by atoms with E-state index in [0.717, 1.165) is 69.1 Å². The molecule has 0 amide bonds. The van der Waals surface area contributed by atoms with Gasteiger partial charge in [-0.05, 0) is 41.7 Å². The number of hydrogen-bond acceptors (Lipinski definition) is 4. The molecular weight excluding hydrogens is 337 g/mol. The largest absolute Gasteiger partial charge is 0.493 e. The van der Waals surface area contributed by atoms with Crippen molar-refractivity contribution in [2.24, 2.45) is 0 Å². The van der Waals surface area contributed by atoms with Gasteiger partial charge < -0.3 is 14.0 Å². The fraction of sp³-hybridized carbons (Fsp3) is 0.364. The molecule has 0 aromatic heterocycles. The number of rotatable bonds is 3. The Kier molecular flexibility index (Phi) is 6.23. The van der Waals surface area contributed by atoms with Crippen LogP contribution in [0, 0.1) is 11.8 Å². The Morgan fingerprint density at radius 1 is 0.778 bits per heavy atom. The molecule has 2 fully saturated rings. The topological polar surface area (TPSA) is 30.9 Å². The van der Waals surface area contributed by atoms with E-state index in [4.69, 9.17) is 14.0 Å². The van der Waals surface area contributed by atoms with Crippen LogP contribution in [0.3, 0.4) is 0 Å². The molecule has 4 nitrogen and oxygen atoms in total. The average Bonchev–Trinajstić information content (AvgIpc) is 2.75. The predicted octanol–water partition coefficient (Wildman–Crippen LogP) is 2.05. The minimum Gasteiger partial charge on any atom is -0.407 e. The van der Waals surface area contributed by atoms with Crippen LogP contribution in [0.4, 0.5) is 0 Å². The summed E-state index contributed by atoms with van der Waals surface area (Å²) in [5, 5.41) is 0. The van der Waals surface area contributed by atoms with Crippen LogP contribution in [0.2, 0.25) is 0 Å². The zero-order valence-corrected chi connectivity index (χ0v) is 15.5. The number of ether oxygens (including phenoxy) is 1. The standard InChI is InChI=1S/C22H24BNO3/c1-14-26-23(27-15-1)22-10-8-20(9-11-22)3-2-19-4-6-21(7-5-19)18-24-12-16-25-17-13-24/h4-11H,1,12-18H2. The highest BCUT2D eigenvalue weighted by molar-refractivity contribution is 6.61. The molecule has 0 atom stereocenters. The normalized spacial score (nSPS) is 18.0. The SMILES string of the molecule is C(#Cc1ccc(B2OCCCO2)cc1)c1ccc(CN2CCOCC2)cc1. The zero-order valence-electron chi connectivity index (χ0n) is 15.5. The maximum Gasteiger partial charge on any atom is 0.493 e. The van der Waals surface area contributed by atoms with Crippen molar-refractivity contribution in [2.75, 3.05) is 39.5 Å². The van der Waals surface area contributed by atoms with Crippen molar-refractivity contribution >= 4 is 12.6 Å². The molecule has 2 saturated heterocycles. The summed E-state index contributed by atoms with van der Waals surface area (Å²) in [4.78, 5) is 2.42. The molecular formula is C22H24BNO3. The molecule has 0 spiro atoms. The van der Waals surface area contributed by atoms with Gasteiger partial charge in [-0.1, -0.05) is 36.1 Å². The van der Waals surface area contributed by atoms with Gasteiger partial charge in [-0.15, -0.1) is 0 Å². The van der Waals surface area contributed by atoms with Crippen LogP contribution in [-0.4, -0.2) is 51.5 Å². The van der Waals surface area contributed by atoms with Gasteiger partial charge in [-0.25, -0.2) is 0 Å². The maximum atomic E-state index is 5.63. The van der Waals surface area contributed by atoms with Crippen molar-refractivity contribution in [1.82, 2.24) is 4.90 Å². The third-order valence-electron chi connectivity index (χ3n) is 4.82. The first-order valence-electron chi connectivity index (χ1n) is 9.61. The second kappa shape index (κ2) is 9.21. The van der Waals surface area contributed by atoms with E-state index in [1.54, 1.807) is 0 Å². The summed E-state index contributed by atoms with van der Waals surface area (Å²) in [6.45, 7) is 6.18. The van der Waals surface area contributed by atoms with Crippen molar-refractivity contribution in [2.45, 2.75) is 13.0 Å². The van der Waals surface area contributed by atoms with Crippen molar-refractivity contribution in [3.05, 3.63) is 65.2 Å². The summed E-state index contributed by atoms with van der Waals surface area (Å²) in [6.07, 6.45) is 0.964. The Hall–Kier alpha value is -2.10. The third-order valence-corrected chi connectivity index (χ3v) is 4.82. The molecule has 2 aliphatic heterocycles. The maximum absolute atomic E-state index is 5.63. The number of hydrogen-bond donors (Lipinski definition) is 0. The lowest BCUT2D eigenvalue weighted by atomic mass is 9.78. The van der Waals surface area contributed by atoms with Crippen LogP contribution < -0.4 is 5.46 Å². The molecule has 4 rings (SSSR count). The number of nitrogens with zero attached hydrogens (tertiary/aromatic N) is 1. The number of benzene rings is 2. The van der Waals surface area contributed by atoms with Crippen LogP contribution in [0.5, 0.6) is 0 Å². The van der Waals surface area contributed by atoms with E-state index in [0.29, 0.717) is 0 Å². The molecule has 5 heteroatoms. The summed E-state index contributed by atoms with van der Waals surface area (Å²) in [5.74, 6) is 6.48. The predicted molar refractivity (Wildman–Crippen MR) is 107 cm³/mol. The highest BCUT2D eigenvalue weighted by Crippen LogP contribution is 2.09. The van der Waals surface area contributed by atoms with Gasteiger partial charge in [0.1, 0.15) is 0 Å². The van der Waals surface area contributed by atoms with Gasteiger partial charge >= 0.3 is 7.12 Å². The number of morpholine rings is 1. The van der Waals surface area contributed by atoms with Gasteiger partial charge in [-0.3, -0.25) is 4.90 Å². The average molecular weight is 361 g/mol. The van der Waals surface area contributed by atoms with E-state index in [-0.39, 0.29) is 7.12 Å².